The van der Waals surface area contributed by atoms with Crippen LogP contribution < -0.4 is 10.1 Å². The van der Waals surface area contributed by atoms with Gasteiger partial charge in [0.05, 0.1) is 10.7 Å². The van der Waals surface area contributed by atoms with E-state index in [1.165, 1.54) is 35.9 Å². The number of carbonyl (C=O) groups excluding carboxylic acids is 2. The summed E-state index contributed by atoms with van der Waals surface area (Å²) in [5, 5.41) is 6.70. The first-order valence-electron chi connectivity index (χ1n) is 10.9. The molecular weight excluding hydrogens is 476 g/mol. The number of thioether (sulfide) groups is 1. The fraction of sp³-hybridized carbons (Fsp3) is 0.320. The molecule has 3 aromatic rings. The van der Waals surface area contributed by atoms with Crippen LogP contribution in [0.3, 0.4) is 0 Å². The van der Waals surface area contributed by atoms with Gasteiger partial charge in [-0.05, 0) is 66.3 Å². The minimum Gasteiger partial charge on any atom is -0.474 e. The lowest BCUT2D eigenvalue weighted by Gasteiger charge is -2.39. The number of pyridine rings is 1. The van der Waals surface area contributed by atoms with Gasteiger partial charge in [-0.25, -0.2) is 4.98 Å². The number of nitrogens with one attached hydrogen (secondary N) is 1. The lowest BCUT2D eigenvalue weighted by molar-refractivity contribution is -0.133. The average molecular weight is 499 g/mol. The minimum absolute atomic E-state index is 0.0869. The highest BCUT2D eigenvalue weighted by Gasteiger charge is 2.48. The second-order valence-electron chi connectivity index (χ2n) is 8.50. The van der Waals surface area contributed by atoms with Crippen LogP contribution in [0.5, 0.6) is 5.88 Å². The number of hydrogen-bond acceptors (Lipinski definition) is 6. The molecule has 33 heavy (non-hydrogen) atoms. The summed E-state index contributed by atoms with van der Waals surface area (Å²) >= 11 is 8.97. The van der Waals surface area contributed by atoms with Gasteiger partial charge in [-0.15, -0.1) is 11.8 Å². The van der Waals surface area contributed by atoms with Crippen LogP contribution >= 0.6 is 34.7 Å². The first kappa shape index (κ1) is 22.4. The van der Waals surface area contributed by atoms with Gasteiger partial charge in [0.15, 0.2) is 5.78 Å². The number of nitrogens with zero attached hydrogens (tertiary/aromatic N) is 1. The van der Waals surface area contributed by atoms with Gasteiger partial charge in [-0.3, -0.25) is 9.59 Å². The Morgan fingerprint density at radius 1 is 1.18 bits per heavy atom. The number of halogens is 1. The Morgan fingerprint density at radius 3 is 2.70 bits per heavy atom. The molecule has 3 atom stereocenters. The summed E-state index contributed by atoms with van der Waals surface area (Å²) in [4.78, 5) is 32.2. The number of ketones is 1. The van der Waals surface area contributed by atoms with Gasteiger partial charge in [-0.1, -0.05) is 29.8 Å². The maximum Gasteiger partial charge on any atom is 0.242 e. The summed E-state index contributed by atoms with van der Waals surface area (Å²) < 4.78 is 6.07. The number of ether oxygens (including phenoxy) is 1. The third-order valence-corrected chi connectivity index (χ3v) is 8.60. The number of benzene rings is 1. The molecule has 8 heteroatoms. The number of amides is 1. The number of aromatic nitrogens is 1. The molecule has 1 saturated carbocycles. The van der Waals surface area contributed by atoms with Gasteiger partial charge in [0.25, 0.3) is 0 Å². The molecule has 5 nitrogen and oxygen atoms in total. The molecular formula is C25H23ClN2O3S2. The Hall–Kier alpha value is -2.35. The van der Waals surface area contributed by atoms with Crippen LogP contribution in [-0.2, 0) is 15.1 Å². The number of rotatable bonds is 7. The molecule has 2 aliphatic rings. The topological polar surface area (TPSA) is 68.3 Å². The van der Waals surface area contributed by atoms with Crippen LogP contribution in [0.1, 0.15) is 37.4 Å². The lowest BCUT2D eigenvalue weighted by Crippen LogP contribution is -2.58. The van der Waals surface area contributed by atoms with E-state index < -0.39 is 10.8 Å². The number of thiophene rings is 1. The van der Waals surface area contributed by atoms with Crippen LogP contribution in [0.4, 0.5) is 0 Å². The van der Waals surface area contributed by atoms with Crippen LogP contribution in [-0.4, -0.2) is 28.0 Å². The number of hydrogen-bond donors (Lipinski definition) is 1. The fourth-order valence-electron chi connectivity index (χ4n) is 4.16. The zero-order valence-corrected chi connectivity index (χ0v) is 20.4. The van der Waals surface area contributed by atoms with Gasteiger partial charge in [0, 0.05) is 17.4 Å². The van der Waals surface area contributed by atoms with E-state index in [1.54, 1.807) is 6.07 Å². The predicted molar refractivity (Wildman–Crippen MR) is 131 cm³/mol. The van der Waals surface area contributed by atoms with E-state index in [1.807, 2.05) is 53.2 Å². The molecule has 1 aliphatic heterocycles. The van der Waals surface area contributed by atoms with Crippen molar-refractivity contribution in [2.45, 2.75) is 48.0 Å². The van der Waals surface area contributed by atoms with Crippen molar-refractivity contribution in [1.82, 2.24) is 10.3 Å². The van der Waals surface area contributed by atoms with Gasteiger partial charge < -0.3 is 10.1 Å². The Morgan fingerprint density at radius 2 is 2.00 bits per heavy atom. The van der Waals surface area contributed by atoms with Crippen LogP contribution in [0.15, 0.2) is 64.2 Å². The van der Waals surface area contributed by atoms with Crippen molar-refractivity contribution < 1.29 is 14.3 Å². The number of Topliss-reactive ketones (excluding diaryl/α,β-unsaturated/α-hetero) is 1. The third kappa shape index (κ3) is 4.54. The van der Waals surface area contributed by atoms with E-state index in [0.717, 1.165) is 5.56 Å². The molecule has 0 bridgehead atoms. The van der Waals surface area contributed by atoms with Crippen molar-refractivity contribution in [3.8, 4) is 5.88 Å². The largest absolute Gasteiger partial charge is 0.474 e. The molecule has 0 spiro atoms. The van der Waals surface area contributed by atoms with E-state index in [4.69, 9.17) is 21.3 Å². The number of carbonyl (C=O) groups is 2. The normalized spacial score (nSPS) is 23.8. The Bertz CT molecular complexity index is 1160. The van der Waals surface area contributed by atoms with Crippen molar-refractivity contribution in [2.75, 3.05) is 0 Å². The molecule has 1 aromatic carbocycles. The smallest absolute Gasteiger partial charge is 0.242 e. The summed E-state index contributed by atoms with van der Waals surface area (Å²) in [6.07, 6.45) is 2.54. The van der Waals surface area contributed by atoms with E-state index in [0.29, 0.717) is 27.4 Å². The molecule has 2 aromatic heterocycles. The highest BCUT2D eigenvalue weighted by molar-refractivity contribution is 8.01. The molecule has 1 amide bonds. The molecule has 1 N–H and O–H groups in total. The zero-order valence-electron chi connectivity index (χ0n) is 18.0. The quantitative estimate of drug-likeness (QED) is 0.437. The van der Waals surface area contributed by atoms with Crippen molar-refractivity contribution in [1.29, 1.82) is 0 Å². The monoisotopic (exact) mass is 498 g/mol. The Balaban J connectivity index is 1.46. The fourth-order valence-corrected chi connectivity index (χ4v) is 6.13. The standard InChI is InChI=1S/C25H23ClN2O3S2/c1-15(16-9-10-16)31-22-8-4-7-21(27-22)25(17-11-12-32-14-17)13-19(29)23(24(30)28-25)33-20-6-3-2-5-18(20)26/h2-8,11-12,14-16,23H,9-10,13H2,1H3,(H,28,30). The summed E-state index contributed by atoms with van der Waals surface area (Å²) in [6.45, 7) is 2.06. The second-order valence-corrected chi connectivity index (χ2v) is 10.8. The maximum atomic E-state index is 13.4. The summed E-state index contributed by atoms with van der Waals surface area (Å²) in [5.74, 6) is 0.576. The van der Waals surface area contributed by atoms with E-state index in [2.05, 4.69) is 12.2 Å². The first-order valence-corrected chi connectivity index (χ1v) is 13.1. The molecule has 170 valence electrons. The Labute approximate surface area is 205 Å². The van der Waals surface area contributed by atoms with E-state index in [-0.39, 0.29) is 24.2 Å². The first-order chi connectivity index (χ1) is 16.0. The Kier molecular flexibility index (Phi) is 6.20. The summed E-state index contributed by atoms with van der Waals surface area (Å²) in [6, 6.07) is 14.7. The highest BCUT2D eigenvalue weighted by Crippen LogP contribution is 2.41. The molecule has 0 radical (unpaired) electrons. The van der Waals surface area contributed by atoms with Crippen LogP contribution in [0.2, 0.25) is 5.02 Å². The zero-order chi connectivity index (χ0) is 23.0. The van der Waals surface area contributed by atoms with Gasteiger partial charge >= 0.3 is 0 Å². The average Bonchev–Trinajstić information content (AvgIpc) is 3.51. The van der Waals surface area contributed by atoms with Crippen molar-refractivity contribution in [3.05, 3.63) is 75.6 Å². The van der Waals surface area contributed by atoms with Crippen molar-refractivity contribution in [2.24, 2.45) is 5.92 Å². The maximum absolute atomic E-state index is 13.4. The predicted octanol–water partition coefficient (Wildman–Crippen LogP) is 5.47. The van der Waals surface area contributed by atoms with Crippen LogP contribution in [0, 0.1) is 5.92 Å². The van der Waals surface area contributed by atoms with E-state index in [9.17, 15) is 9.59 Å². The third-order valence-electron chi connectivity index (χ3n) is 6.16. The SMILES string of the molecule is CC(Oc1cccc(C2(c3ccsc3)CC(=O)C(Sc3ccccc3Cl)C(=O)N2)n1)C1CC1. The number of piperidine rings is 1. The highest BCUT2D eigenvalue weighted by atomic mass is 35.5. The second kappa shape index (κ2) is 9.12. The summed E-state index contributed by atoms with van der Waals surface area (Å²) in [5.41, 5.74) is 0.410. The van der Waals surface area contributed by atoms with Gasteiger partial charge in [-0.2, -0.15) is 11.3 Å². The molecule has 5 rings (SSSR count). The molecule has 2 fully saturated rings. The molecule has 1 saturated heterocycles. The molecule has 3 heterocycles. The van der Waals surface area contributed by atoms with Crippen molar-refractivity contribution in [3.63, 3.8) is 0 Å². The minimum atomic E-state index is -1.03. The summed E-state index contributed by atoms with van der Waals surface area (Å²) in [7, 11) is 0. The van der Waals surface area contributed by atoms with Gasteiger partial charge in [0.2, 0.25) is 11.8 Å². The van der Waals surface area contributed by atoms with Gasteiger partial charge in [0.1, 0.15) is 16.9 Å². The molecule has 1 aliphatic carbocycles. The van der Waals surface area contributed by atoms with Crippen LogP contribution in [0.25, 0.3) is 0 Å². The molecule has 3 unspecified atom stereocenters. The van der Waals surface area contributed by atoms with Crippen molar-refractivity contribution >= 4 is 46.4 Å². The van der Waals surface area contributed by atoms with E-state index >= 15 is 0 Å². The lowest BCUT2D eigenvalue weighted by atomic mass is 9.79.